The van der Waals surface area contributed by atoms with E-state index in [-0.39, 0.29) is 11.8 Å². The second kappa shape index (κ2) is 10.5. The van der Waals surface area contributed by atoms with Crippen molar-refractivity contribution in [1.82, 2.24) is 24.8 Å². The molecule has 0 aliphatic carbocycles. The Morgan fingerprint density at radius 3 is 2.42 bits per heavy atom. The largest absolute Gasteiger partial charge is 0.377 e. The number of rotatable bonds is 7. The normalized spacial score (nSPS) is 14.3. The Hall–Kier alpha value is -3.39. The fraction of sp³-hybridized carbons (Fsp3) is 0.400. The van der Waals surface area contributed by atoms with E-state index in [4.69, 9.17) is 9.72 Å². The molecule has 1 amide bonds. The summed E-state index contributed by atoms with van der Waals surface area (Å²) in [5.74, 6) is 1.48. The molecule has 1 aliphatic heterocycles. The minimum absolute atomic E-state index is 0.0740. The summed E-state index contributed by atoms with van der Waals surface area (Å²) in [6.07, 6.45) is 5.20. The molecule has 172 valence electrons. The van der Waals surface area contributed by atoms with Gasteiger partial charge in [-0.3, -0.25) is 9.78 Å². The number of aromatic nitrogens is 4. The fourth-order valence-corrected chi connectivity index (χ4v) is 4.06. The van der Waals surface area contributed by atoms with E-state index in [1.165, 1.54) is 0 Å². The maximum Gasteiger partial charge on any atom is 0.253 e. The van der Waals surface area contributed by atoms with Crippen LogP contribution in [0.15, 0.2) is 42.7 Å². The molecule has 8 heteroatoms. The van der Waals surface area contributed by atoms with Crippen molar-refractivity contribution < 1.29 is 9.53 Å². The zero-order chi connectivity index (χ0) is 23.2. The number of ether oxygens (including phenoxy) is 1. The number of likely N-dealkylation sites (tertiary alicyclic amines) is 1. The third-order valence-corrected chi connectivity index (χ3v) is 5.75. The molecule has 1 N–H and O–H groups in total. The average molecular weight is 447 g/mol. The van der Waals surface area contributed by atoms with Gasteiger partial charge in [-0.2, -0.15) is 0 Å². The lowest BCUT2D eigenvalue weighted by molar-refractivity contribution is 0.0712. The minimum atomic E-state index is 0.0740. The van der Waals surface area contributed by atoms with Crippen LogP contribution in [0.25, 0.3) is 0 Å². The summed E-state index contributed by atoms with van der Waals surface area (Å²) in [6, 6.07) is 9.63. The van der Waals surface area contributed by atoms with Crippen molar-refractivity contribution in [2.45, 2.75) is 46.1 Å². The number of aryl methyl sites for hydroxylation is 2. The van der Waals surface area contributed by atoms with Gasteiger partial charge >= 0.3 is 0 Å². The molecule has 2 aromatic heterocycles. The molecule has 1 saturated heterocycles. The van der Waals surface area contributed by atoms with Crippen LogP contribution in [0.1, 0.15) is 58.7 Å². The van der Waals surface area contributed by atoms with Crippen molar-refractivity contribution in [3.8, 4) is 0 Å². The molecular formula is C25H30N6O2. The van der Waals surface area contributed by atoms with Gasteiger partial charge in [0.2, 0.25) is 5.95 Å². The summed E-state index contributed by atoms with van der Waals surface area (Å²) < 4.78 is 5.42. The molecule has 0 radical (unpaired) electrons. The van der Waals surface area contributed by atoms with Crippen LogP contribution in [0.4, 0.5) is 11.8 Å². The highest BCUT2D eigenvalue weighted by Crippen LogP contribution is 2.28. The van der Waals surface area contributed by atoms with Gasteiger partial charge in [-0.05, 0) is 57.4 Å². The van der Waals surface area contributed by atoms with Gasteiger partial charge in [-0.15, -0.1) is 0 Å². The summed E-state index contributed by atoms with van der Waals surface area (Å²) in [4.78, 5) is 32.8. The molecule has 33 heavy (non-hydrogen) atoms. The number of hydrogen-bond acceptors (Lipinski definition) is 7. The van der Waals surface area contributed by atoms with E-state index in [1.54, 1.807) is 6.20 Å². The second-order valence-corrected chi connectivity index (χ2v) is 8.33. The van der Waals surface area contributed by atoms with Crippen molar-refractivity contribution >= 4 is 17.7 Å². The van der Waals surface area contributed by atoms with Crippen LogP contribution < -0.4 is 5.32 Å². The standard InChI is InChI=1S/C25H30N6O2/c1-4-33-16-19-5-7-21(8-6-19)24(32)31-11-9-20(10-12-31)22-14-26-15-23(29-22)30-25-27-17(2)13-18(3)28-25/h5-8,13-15,20H,4,9-12,16H2,1-3H3,(H,27,28,29,30). The van der Waals surface area contributed by atoms with Gasteiger partial charge in [-0.1, -0.05) is 12.1 Å². The third kappa shape index (κ3) is 5.90. The summed E-state index contributed by atoms with van der Waals surface area (Å²) in [6.45, 7) is 8.49. The van der Waals surface area contributed by atoms with Crippen LogP contribution in [-0.4, -0.2) is 50.4 Å². The van der Waals surface area contributed by atoms with Gasteiger partial charge in [0.25, 0.3) is 5.91 Å². The molecule has 3 aromatic rings. The lowest BCUT2D eigenvalue weighted by atomic mass is 9.93. The number of amides is 1. The highest BCUT2D eigenvalue weighted by atomic mass is 16.5. The number of anilines is 2. The van der Waals surface area contributed by atoms with E-state index in [9.17, 15) is 4.79 Å². The monoisotopic (exact) mass is 446 g/mol. The van der Waals surface area contributed by atoms with E-state index in [2.05, 4.69) is 20.3 Å². The van der Waals surface area contributed by atoms with Gasteiger partial charge in [0.1, 0.15) is 0 Å². The van der Waals surface area contributed by atoms with Crippen LogP contribution >= 0.6 is 0 Å². The predicted molar refractivity (Wildman–Crippen MR) is 126 cm³/mol. The second-order valence-electron chi connectivity index (χ2n) is 8.33. The van der Waals surface area contributed by atoms with Gasteiger partial charge in [0.05, 0.1) is 18.5 Å². The first-order valence-corrected chi connectivity index (χ1v) is 11.4. The molecule has 3 heterocycles. The van der Waals surface area contributed by atoms with E-state index in [1.807, 2.05) is 62.2 Å². The maximum atomic E-state index is 12.9. The Labute approximate surface area is 194 Å². The summed E-state index contributed by atoms with van der Waals surface area (Å²) in [5.41, 5.74) is 4.51. The number of nitrogens with zero attached hydrogens (tertiary/aromatic N) is 5. The van der Waals surface area contributed by atoms with Crippen LogP contribution in [0.3, 0.4) is 0 Å². The highest BCUT2D eigenvalue weighted by molar-refractivity contribution is 5.94. The van der Waals surface area contributed by atoms with E-state index in [0.717, 1.165) is 35.5 Å². The predicted octanol–water partition coefficient (Wildman–Crippen LogP) is 4.18. The molecule has 4 rings (SSSR count). The van der Waals surface area contributed by atoms with E-state index >= 15 is 0 Å². The van der Waals surface area contributed by atoms with Gasteiger partial charge in [-0.25, -0.2) is 15.0 Å². The SMILES string of the molecule is CCOCc1ccc(C(=O)N2CCC(c3cncc(Nc4nc(C)cc(C)n4)n3)CC2)cc1. The zero-order valence-electron chi connectivity index (χ0n) is 19.4. The highest BCUT2D eigenvalue weighted by Gasteiger charge is 2.25. The number of carbonyl (C=O) groups is 1. The van der Waals surface area contributed by atoms with Crippen molar-refractivity contribution in [2.24, 2.45) is 0 Å². The molecule has 1 aromatic carbocycles. The molecule has 1 aliphatic rings. The first kappa shape index (κ1) is 22.8. The number of piperidine rings is 1. The zero-order valence-corrected chi connectivity index (χ0v) is 19.4. The Balaban J connectivity index is 1.35. The number of carbonyl (C=O) groups excluding carboxylic acids is 1. The summed E-state index contributed by atoms with van der Waals surface area (Å²) in [5, 5.41) is 3.16. The van der Waals surface area contributed by atoms with E-state index in [0.29, 0.717) is 43.6 Å². The van der Waals surface area contributed by atoms with Crippen LogP contribution in [0.2, 0.25) is 0 Å². The number of hydrogen-bond donors (Lipinski definition) is 1. The Morgan fingerprint density at radius 2 is 1.76 bits per heavy atom. The van der Waals surface area contributed by atoms with Gasteiger partial charge < -0.3 is 15.0 Å². The van der Waals surface area contributed by atoms with Crippen LogP contribution in [0.5, 0.6) is 0 Å². The van der Waals surface area contributed by atoms with Crippen molar-refractivity contribution in [3.05, 3.63) is 70.9 Å². The maximum absolute atomic E-state index is 12.9. The first-order chi connectivity index (χ1) is 16.0. The lowest BCUT2D eigenvalue weighted by Gasteiger charge is -2.31. The molecule has 1 fully saturated rings. The molecular weight excluding hydrogens is 416 g/mol. The molecule has 0 spiro atoms. The van der Waals surface area contributed by atoms with Crippen LogP contribution in [0, 0.1) is 13.8 Å². The molecule has 0 bridgehead atoms. The number of nitrogens with one attached hydrogen (secondary N) is 1. The third-order valence-electron chi connectivity index (χ3n) is 5.75. The minimum Gasteiger partial charge on any atom is -0.377 e. The number of benzene rings is 1. The Morgan fingerprint density at radius 1 is 1.06 bits per heavy atom. The lowest BCUT2D eigenvalue weighted by Crippen LogP contribution is -2.38. The molecule has 0 unspecified atom stereocenters. The van der Waals surface area contributed by atoms with Crippen LogP contribution in [-0.2, 0) is 11.3 Å². The van der Waals surface area contributed by atoms with Crippen molar-refractivity contribution in [3.63, 3.8) is 0 Å². The Kier molecular flexibility index (Phi) is 7.24. The summed E-state index contributed by atoms with van der Waals surface area (Å²) in [7, 11) is 0. The quantitative estimate of drug-likeness (QED) is 0.582. The fourth-order valence-electron chi connectivity index (χ4n) is 4.06. The van der Waals surface area contributed by atoms with Gasteiger partial charge in [0, 0.05) is 48.8 Å². The average Bonchev–Trinajstić information content (AvgIpc) is 2.82. The molecule has 0 atom stereocenters. The smallest absolute Gasteiger partial charge is 0.253 e. The van der Waals surface area contributed by atoms with Gasteiger partial charge in [0.15, 0.2) is 5.82 Å². The first-order valence-electron chi connectivity index (χ1n) is 11.4. The molecule has 0 saturated carbocycles. The van der Waals surface area contributed by atoms with Crippen molar-refractivity contribution in [2.75, 3.05) is 25.0 Å². The Bertz CT molecular complexity index is 1070. The summed E-state index contributed by atoms with van der Waals surface area (Å²) >= 11 is 0. The topological polar surface area (TPSA) is 93.1 Å². The molecule has 8 nitrogen and oxygen atoms in total. The van der Waals surface area contributed by atoms with E-state index < -0.39 is 0 Å². The van der Waals surface area contributed by atoms with Crippen molar-refractivity contribution in [1.29, 1.82) is 0 Å².